The molecule has 54 valence electrons. The molecule has 0 fully saturated rings. The maximum Gasteiger partial charge on any atom is 0.131 e. The lowest BCUT2D eigenvalue weighted by Gasteiger charge is -1.99. The number of benzene rings is 1. The zero-order chi connectivity index (χ0) is 7.72. The molecule has 0 saturated carbocycles. The van der Waals surface area contributed by atoms with Gasteiger partial charge in [0.1, 0.15) is 5.75 Å². The maximum atomic E-state index is 9.24. The monoisotopic (exact) mass is 424 g/mol. The Hall–Kier alpha value is 0.960. The van der Waals surface area contributed by atoms with Crippen LogP contribution in [0, 0.1) is 7.14 Å². The van der Waals surface area contributed by atoms with Crippen molar-refractivity contribution in [2.45, 2.75) is 0 Å². The molecule has 1 aromatic carbocycles. The zero-order valence-corrected chi connectivity index (χ0v) is 10.6. The molecule has 0 unspecified atom stereocenters. The number of phenols is 1. The second-order valence-electron chi connectivity index (χ2n) is 1.72. The molecule has 0 spiro atoms. The first-order valence-electron chi connectivity index (χ1n) is 2.45. The number of hydrogen-bond acceptors (Lipinski definition) is 1. The van der Waals surface area contributed by atoms with Gasteiger partial charge in [-0.15, -0.1) is 0 Å². The number of hydrogen-bond donors (Lipinski definition) is 1. The third-order valence-electron chi connectivity index (χ3n) is 0.974. The van der Waals surface area contributed by atoms with Crippen LogP contribution in [0.15, 0.2) is 16.6 Å². The Morgan fingerprint density at radius 1 is 1.30 bits per heavy atom. The summed E-state index contributed by atoms with van der Waals surface area (Å²) >= 11 is 7.56. The quantitative estimate of drug-likeness (QED) is 0.500. The van der Waals surface area contributed by atoms with Gasteiger partial charge in [0.25, 0.3) is 0 Å². The van der Waals surface area contributed by atoms with E-state index in [-0.39, 0.29) is 0 Å². The van der Waals surface area contributed by atoms with E-state index >= 15 is 0 Å². The Labute approximate surface area is 94.6 Å². The molecule has 0 aromatic heterocycles. The van der Waals surface area contributed by atoms with Crippen LogP contribution in [-0.2, 0) is 0 Å². The summed E-state index contributed by atoms with van der Waals surface area (Å²) in [5, 5.41) is 9.24. The van der Waals surface area contributed by atoms with Gasteiger partial charge in [-0.2, -0.15) is 0 Å². The van der Waals surface area contributed by atoms with Crippen molar-refractivity contribution in [2.75, 3.05) is 0 Å². The van der Waals surface area contributed by atoms with Crippen molar-refractivity contribution in [3.05, 3.63) is 23.7 Å². The summed E-state index contributed by atoms with van der Waals surface area (Å²) in [6.45, 7) is 0. The topological polar surface area (TPSA) is 20.2 Å². The molecular formula is C6H3BrI2O. The first-order chi connectivity index (χ1) is 4.61. The normalized spacial score (nSPS) is 9.90. The zero-order valence-electron chi connectivity index (χ0n) is 4.74. The summed E-state index contributed by atoms with van der Waals surface area (Å²) in [5.41, 5.74) is 0. The molecule has 0 aliphatic rings. The van der Waals surface area contributed by atoms with Gasteiger partial charge in [-0.1, -0.05) is 0 Å². The van der Waals surface area contributed by atoms with Gasteiger partial charge in [0, 0.05) is 8.04 Å². The van der Waals surface area contributed by atoms with Gasteiger partial charge in [-0.05, 0) is 73.2 Å². The van der Waals surface area contributed by atoms with Gasteiger partial charge < -0.3 is 5.11 Å². The van der Waals surface area contributed by atoms with Crippen molar-refractivity contribution in [1.29, 1.82) is 0 Å². The third kappa shape index (κ3) is 1.97. The lowest BCUT2D eigenvalue weighted by Crippen LogP contribution is -1.78. The van der Waals surface area contributed by atoms with Crippen molar-refractivity contribution in [1.82, 2.24) is 0 Å². The lowest BCUT2D eigenvalue weighted by molar-refractivity contribution is 0.470. The number of phenolic OH excluding ortho intramolecular Hbond substituents is 1. The predicted molar refractivity (Wildman–Crippen MR) is 61.2 cm³/mol. The molecule has 1 nitrogen and oxygen atoms in total. The van der Waals surface area contributed by atoms with E-state index < -0.39 is 0 Å². The summed E-state index contributed by atoms with van der Waals surface area (Å²) in [4.78, 5) is 0. The SMILES string of the molecule is Oc1cc(I)cc(Br)c1I. The highest BCUT2D eigenvalue weighted by Crippen LogP contribution is 2.29. The largest absolute Gasteiger partial charge is 0.507 e. The van der Waals surface area contributed by atoms with Gasteiger partial charge >= 0.3 is 0 Å². The standard InChI is InChI=1S/C6H3BrI2O/c7-4-1-3(8)2-5(10)6(4)9/h1-2,10H. The predicted octanol–water partition coefficient (Wildman–Crippen LogP) is 3.36. The van der Waals surface area contributed by atoms with Crippen LogP contribution in [0.1, 0.15) is 0 Å². The van der Waals surface area contributed by atoms with E-state index in [0.717, 1.165) is 11.6 Å². The fraction of sp³-hybridized carbons (Fsp3) is 0. The fourth-order valence-electron chi connectivity index (χ4n) is 0.542. The summed E-state index contributed by atoms with van der Waals surface area (Å²) in [5.74, 6) is 0.333. The molecule has 4 heteroatoms. The average molecular weight is 425 g/mol. The Kier molecular flexibility index (Phi) is 3.23. The molecule has 0 atom stereocenters. The number of rotatable bonds is 0. The molecule has 0 radical (unpaired) electrons. The molecular weight excluding hydrogens is 422 g/mol. The molecule has 1 N–H and O–H groups in total. The molecule has 0 aliphatic carbocycles. The maximum absolute atomic E-state index is 9.24. The molecule has 10 heavy (non-hydrogen) atoms. The summed E-state index contributed by atoms with van der Waals surface area (Å²) in [7, 11) is 0. The minimum atomic E-state index is 0.333. The fourth-order valence-corrected chi connectivity index (χ4v) is 2.34. The molecule has 0 saturated heterocycles. The van der Waals surface area contributed by atoms with Crippen molar-refractivity contribution in [2.24, 2.45) is 0 Å². The van der Waals surface area contributed by atoms with E-state index in [1.165, 1.54) is 0 Å². The van der Waals surface area contributed by atoms with Gasteiger partial charge in [-0.25, -0.2) is 0 Å². The number of aromatic hydroxyl groups is 1. The Bertz CT molecular complexity index is 239. The molecule has 0 amide bonds. The highest BCUT2D eigenvalue weighted by atomic mass is 127. The van der Waals surface area contributed by atoms with E-state index in [9.17, 15) is 5.11 Å². The van der Waals surface area contributed by atoms with E-state index in [1.54, 1.807) is 6.07 Å². The molecule has 0 bridgehead atoms. The van der Waals surface area contributed by atoms with E-state index in [1.807, 2.05) is 6.07 Å². The second-order valence-corrected chi connectivity index (χ2v) is 4.90. The second kappa shape index (κ2) is 3.57. The minimum Gasteiger partial charge on any atom is -0.507 e. The summed E-state index contributed by atoms with van der Waals surface area (Å²) < 4.78 is 2.83. The number of halogens is 3. The molecule has 0 aliphatic heterocycles. The van der Waals surface area contributed by atoms with E-state index in [4.69, 9.17) is 0 Å². The van der Waals surface area contributed by atoms with Gasteiger partial charge in [-0.3, -0.25) is 0 Å². The van der Waals surface area contributed by atoms with Crippen LogP contribution in [0.25, 0.3) is 0 Å². The smallest absolute Gasteiger partial charge is 0.131 e. The molecule has 1 aromatic rings. The third-order valence-corrected chi connectivity index (χ3v) is 4.10. The highest BCUT2D eigenvalue weighted by Gasteiger charge is 2.02. The molecule has 1 rings (SSSR count). The van der Waals surface area contributed by atoms with Crippen LogP contribution in [0.5, 0.6) is 5.75 Å². The van der Waals surface area contributed by atoms with E-state index in [2.05, 4.69) is 61.1 Å². The minimum absolute atomic E-state index is 0.333. The van der Waals surface area contributed by atoms with Crippen LogP contribution in [0.2, 0.25) is 0 Å². The Balaban J connectivity index is 3.31. The summed E-state index contributed by atoms with van der Waals surface area (Å²) in [6.07, 6.45) is 0. The van der Waals surface area contributed by atoms with Gasteiger partial charge in [0.05, 0.1) is 3.57 Å². The first-order valence-corrected chi connectivity index (χ1v) is 5.40. The van der Waals surface area contributed by atoms with Crippen LogP contribution >= 0.6 is 61.1 Å². The molecule has 0 heterocycles. The van der Waals surface area contributed by atoms with Crippen molar-refractivity contribution in [3.63, 3.8) is 0 Å². The Morgan fingerprint density at radius 3 is 2.40 bits per heavy atom. The van der Waals surface area contributed by atoms with Crippen molar-refractivity contribution in [3.8, 4) is 5.75 Å². The van der Waals surface area contributed by atoms with Crippen LogP contribution in [0.3, 0.4) is 0 Å². The van der Waals surface area contributed by atoms with E-state index in [0.29, 0.717) is 5.75 Å². The lowest BCUT2D eigenvalue weighted by atomic mass is 10.3. The van der Waals surface area contributed by atoms with Crippen LogP contribution in [-0.4, -0.2) is 5.11 Å². The van der Waals surface area contributed by atoms with Crippen molar-refractivity contribution < 1.29 is 5.11 Å². The van der Waals surface area contributed by atoms with Crippen LogP contribution < -0.4 is 0 Å². The summed E-state index contributed by atoms with van der Waals surface area (Å²) in [6, 6.07) is 3.69. The first kappa shape index (κ1) is 9.05. The van der Waals surface area contributed by atoms with Gasteiger partial charge in [0.15, 0.2) is 0 Å². The Morgan fingerprint density at radius 2 is 1.90 bits per heavy atom. The average Bonchev–Trinajstić information content (AvgIpc) is 1.82. The van der Waals surface area contributed by atoms with Gasteiger partial charge in [0.2, 0.25) is 0 Å². The van der Waals surface area contributed by atoms with Crippen LogP contribution in [0.4, 0.5) is 0 Å². The highest BCUT2D eigenvalue weighted by molar-refractivity contribution is 14.1. The van der Waals surface area contributed by atoms with Crippen molar-refractivity contribution >= 4 is 61.1 Å².